The van der Waals surface area contributed by atoms with E-state index >= 15 is 0 Å². The van der Waals surface area contributed by atoms with Crippen LogP contribution < -0.4 is 9.47 Å². The Morgan fingerprint density at radius 1 is 1.07 bits per heavy atom. The minimum absolute atomic E-state index is 0.346. The molecule has 0 amide bonds. The van der Waals surface area contributed by atoms with Gasteiger partial charge in [0.25, 0.3) is 0 Å². The van der Waals surface area contributed by atoms with Gasteiger partial charge < -0.3 is 9.47 Å². The number of hydrogen-bond donors (Lipinski definition) is 0. The monoisotopic (exact) mass is 200 g/mol. The van der Waals surface area contributed by atoms with Crippen LogP contribution in [0.25, 0.3) is 0 Å². The Morgan fingerprint density at radius 2 is 2.00 bits per heavy atom. The van der Waals surface area contributed by atoms with Crippen molar-refractivity contribution in [3.63, 3.8) is 0 Å². The molecule has 0 N–H and O–H groups in total. The van der Waals surface area contributed by atoms with Gasteiger partial charge in [-0.1, -0.05) is 30.4 Å². The smallest absolute Gasteiger partial charge is 0.231 e. The van der Waals surface area contributed by atoms with Crippen LogP contribution in [0.4, 0.5) is 0 Å². The minimum atomic E-state index is 0.346. The van der Waals surface area contributed by atoms with Crippen molar-refractivity contribution in [1.29, 1.82) is 0 Å². The summed E-state index contributed by atoms with van der Waals surface area (Å²) in [5.41, 5.74) is 1.29. The molecular formula is C13H12O2. The van der Waals surface area contributed by atoms with E-state index < -0.39 is 0 Å². The fourth-order valence-electron chi connectivity index (χ4n) is 1.97. The van der Waals surface area contributed by atoms with Crippen molar-refractivity contribution < 1.29 is 9.47 Å². The Kier molecular flexibility index (Phi) is 1.98. The number of rotatable bonds is 1. The summed E-state index contributed by atoms with van der Waals surface area (Å²) in [6, 6.07) is 6.18. The van der Waals surface area contributed by atoms with Crippen LogP contribution in [0, 0.1) is 0 Å². The highest BCUT2D eigenvalue weighted by molar-refractivity contribution is 5.46. The Labute approximate surface area is 88.8 Å². The lowest BCUT2D eigenvalue weighted by Gasteiger charge is -2.13. The Morgan fingerprint density at radius 3 is 2.87 bits per heavy atom. The van der Waals surface area contributed by atoms with Crippen LogP contribution >= 0.6 is 0 Å². The summed E-state index contributed by atoms with van der Waals surface area (Å²) in [6.07, 6.45) is 9.66. The zero-order valence-electron chi connectivity index (χ0n) is 8.35. The average molecular weight is 200 g/mol. The average Bonchev–Trinajstić information content (AvgIpc) is 2.77. The second-order valence-corrected chi connectivity index (χ2v) is 3.77. The summed E-state index contributed by atoms with van der Waals surface area (Å²) in [4.78, 5) is 0. The van der Waals surface area contributed by atoms with Gasteiger partial charge >= 0.3 is 0 Å². The molecule has 0 unspecified atom stereocenters. The molecule has 15 heavy (non-hydrogen) atoms. The SMILES string of the molecule is C1=CC[C@H](c2ccc3c(c2)OCO3)C=C1. The van der Waals surface area contributed by atoms with Crippen molar-refractivity contribution in [3.05, 3.63) is 48.1 Å². The zero-order chi connectivity index (χ0) is 10.1. The molecule has 76 valence electrons. The van der Waals surface area contributed by atoms with Crippen molar-refractivity contribution in [2.75, 3.05) is 6.79 Å². The largest absolute Gasteiger partial charge is 0.454 e. The highest BCUT2D eigenvalue weighted by Crippen LogP contribution is 2.36. The van der Waals surface area contributed by atoms with Gasteiger partial charge in [-0.2, -0.15) is 0 Å². The Bertz CT molecular complexity index is 432. The summed E-state index contributed by atoms with van der Waals surface area (Å²) in [6.45, 7) is 0.346. The molecule has 2 nitrogen and oxygen atoms in total. The topological polar surface area (TPSA) is 18.5 Å². The molecule has 1 heterocycles. The van der Waals surface area contributed by atoms with Crippen LogP contribution in [0.1, 0.15) is 17.9 Å². The van der Waals surface area contributed by atoms with Gasteiger partial charge in [0, 0.05) is 5.92 Å². The first-order valence-electron chi connectivity index (χ1n) is 5.16. The summed E-state index contributed by atoms with van der Waals surface area (Å²) in [5, 5.41) is 0. The third-order valence-electron chi connectivity index (χ3n) is 2.81. The molecule has 1 aromatic carbocycles. The lowest BCUT2D eigenvalue weighted by molar-refractivity contribution is 0.174. The lowest BCUT2D eigenvalue weighted by atomic mass is 9.92. The van der Waals surface area contributed by atoms with Crippen LogP contribution in [0.2, 0.25) is 0 Å². The van der Waals surface area contributed by atoms with Crippen molar-refractivity contribution >= 4 is 0 Å². The normalized spacial score (nSPS) is 22.0. The number of hydrogen-bond acceptors (Lipinski definition) is 2. The van der Waals surface area contributed by atoms with Crippen molar-refractivity contribution in [2.24, 2.45) is 0 Å². The van der Waals surface area contributed by atoms with E-state index in [9.17, 15) is 0 Å². The molecule has 1 aliphatic heterocycles. The first-order chi connectivity index (χ1) is 7.43. The molecule has 1 aromatic rings. The third kappa shape index (κ3) is 1.52. The van der Waals surface area contributed by atoms with E-state index in [1.54, 1.807) is 0 Å². The molecule has 0 aromatic heterocycles. The van der Waals surface area contributed by atoms with E-state index in [0.717, 1.165) is 17.9 Å². The highest BCUT2D eigenvalue weighted by atomic mass is 16.7. The molecule has 0 spiro atoms. The molecule has 0 radical (unpaired) electrons. The first kappa shape index (κ1) is 8.60. The van der Waals surface area contributed by atoms with E-state index in [4.69, 9.17) is 9.47 Å². The predicted octanol–water partition coefficient (Wildman–Crippen LogP) is 3.02. The second kappa shape index (κ2) is 3.46. The molecular weight excluding hydrogens is 188 g/mol. The molecule has 1 atom stereocenters. The van der Waals surface area contributed by atoms with Crippen LogP contribution in [0.3, 0.4) is 0 Å². The molecule has 0 fully saturated rings. The van der Waals surface area contributed by atoms with Crippen molar-refractivity contribution in [3.8, 4) is 11.5 Å². The molecule has 2 heteroatoms. The van der Waals surface area contributed by atoms with Crippen LogP contribution in [-0.4, -0.2) is 6.79 Å². The fraction of sp³-hybridized carbons (Fsp3) is 0.231. The Balaban J connectivity index is 1.92. The van der Waals surface area contributed by atoms with E-state index in [2.05, 4.69) is 36.4 Å². The molecule has 1 aliphatic carbocycles. The minimum Gasteiger partial charge on any atom is -0.454 e. The fourth-order valence-corrected chi connectivity index (χ4v) is 1.97. The molecule has 3 rings (SSSR count). The van der Waals surface area contributed by atoms with Gasteiger partial charge in [0.2, 0.25) is 6.79 Å². The molecule has 2 aliphatic rings. The van der Waals surface area contributed by atoms with Crippen LogP contribution in [-0.2, 0) is 0 Å². The summed E-state index contributed by atoms with van der Waals surface area (Å²) in [5.74, 6) is 2.20. The molecule has 0 saturated heterocycles. The summed E-state index contributed by atoms with van der Waals surface area (Å²) < 4.78 is 10.7. The number of allylic oxidation sites excluding steroid dienone is 4. The van der Waals surface area contributed by atoms with Crippen LogP contribution in [0.5, 0.6) is 11.5 Å². The van der Waals surface area contributed by atoms with E-state index in [1.165, 1.54) is 5.56 Å². The number of ether oxygens (including phenoxy) is 2. The van der Waals surface area contributed by atoms with E-state index in [0.29, 0.717) is 12.7 Å². The predicted molar refractivity (Wildman–Crippen MR) is 58.2 cm³/mol. The van der Waals surface area contributed by atoms with E-state index in [-0.39, 0.29) is 0 Å². The molecule has 0 saturated carbocycles. The van der Waals surface area contributed by atoms with Gasteiger partial charge in [-0.05, 0) is 24.1 Å². The maximum Gasteiger partial charge on any atom is 0.231 e. The van der Waals surface area contributed by atoms with E-state index in [1.807, 2.05) is 6.07 Å². The first-order valence-corrected chi connectivity index (χ1v) is 5.16. The number of benzene rings is 1. The molecule has 0 bridgehead atoms. The van der Waals surface area contributed by atoms with Crippen molar-refractivity contribution in [1.82, 2.24) is 0 Å². The van der Waals surface area contributed by atoms with Gasteiger partial charge in [0.05, 0.1) is 0 Å². The quantitative estimate of drug-likeness (QED) is 0.693. The number of fused-ring (bicyclic) bond motifs is 1. The summed E-state index contributed by atoms with van der Waals surface area (Å²) in [7, 11) is 0. The standard InChI is InChI=1S/C13H12O2/c1-2-4-10(5-3-1)11-6-7-12-13(8-11)15-9-14-12/h1-4,6-8,10H,5,9H2/t10-/m1/s1. The Hall–Kier alpha value is -1.70. The van der Waals surface area contributed by atoms with Gasteiger partial charge in [0.1, 0.15) is 0 Å². The van der Waals surface area contributed by atoms with Gasteiger partial charge in [-0.25, -0.2) is 0 Å². The van der Waals surface area contributed by atoms with Gasteiger partial charge in [-0.15, -0.1) is 0 Å². The van der Waals surface area contributed by atoms with Crippen LogP contribution in [0.15, 0.2) is 42.5 Å². The zero-order valence-corrected chi connectivity index (χ0v) is 8.35. The third-order valence-corrected chi connectivity index (χ3v) is 2.81. The summed E-state index contributed by atoms with van der Waals surface area (Å²) >= 11 is 0. The highest BCUT2D eigenvalue weighted by Gasteiger charge is 2.16. The maximum atomic E-state index is 5.37. The van der Waals surface area contributed by atoms with Crippen molar-refractivity contribution in [2.45, 2.75) is 12.3 Å². The maximum absolute atomic E-state index is 5.37. The lowest BCUT2D eigenvalue weighted by Crippen LogP contribution is -1.96. The second-order valence-electron chi connectivity index (χ2n) is 3.77. The van der Waals surface area contributed by atoms with Gasteiger partial charge in [-0.3, -0.25) is 0 Å². The van der Waals surface area contributed by atoms with Gasteiger partial charge in [0.15, 0.2) is 11.5 Å².